The van der Waals surface area contributed by atoms with Crippen LogP contribution in [-0.2, 0) is 19.4 Å². The molecule has 1 saturated heterocycles. The van der Waals surface area contributed by atoms with Gasteiger partial charge in [0.2, 0.25) is 0 Å². The number of carbonyl (C=O) groups excluding carboxylic acids is 1. The Morgan fingerprint density at radius 3 is 2.85 bits per heavy atom. The van der Waals surface area contributed by atoms with E-state index in [4.69, 9.17) is 4.74 Å². The maximum absolute atomic E-state index is 13.6. The van der Waals surface area contributed by atoms with Gasteiger partial charge in [0, 0.05) is 19.3 Å². The third-order valence-corrected chi connectivity index (χ3v) is 3.95. The Labute approximate surface area is 116 Å². The number of anilines is 1. The van der Waals surface area contributed by atoms with Crippen LogP contribution in [0, 0.1) is 5.82 Å². The van der Waals surface area contributed by atoms with Gasteiger partial charge in [0.1, 0.15) is 11.9 Å². The second-order valence-corrected chi connectivity index (χ2v) is 6.48. The van der Waals surface area contributed by atoms with Crippen LogP contribution in [-0.4, -0.2) is 46.4 Å². The van der Waals surface area contributed by atoms with Gasteiger partial charge in [0.15, 0.2) is 9.84 Å². The molecule has 0 spiro atoms. The number of hydrogen-bond acceptors (Lipinski definition) is 5. The molecule has 0 bridgehead atoms. The molecule has 20 heavy (non-hydrogen) atoms. The molecule has 1 unspecified atom stereocenters. The Balaban J connectivity index is 2.18. The Morgan fingerprint density at radius 1 is 1.50 bits per heavy atom. The van der Waals surface area contributed by atoms with Crippen molar-refractivity contribution in [3.63, 3.8) is 0 Å². The van der Waals surface area contributed by atoms with Crippen molar-refractivity contribution in [2.45, 2.75) is 11.0 Å². The van der Waals surface area contributed by atoms with Crippen LogP contribution in [0.1, 0.15) is 0 Å². The first-order chi connectivity index (χ1) is 9.38. The zero-order chi connectivity index (χ0) is 14.8. The molecule has 1 aliphatic rings. The molecule has 8 heteroatoms. The van der Waals surface area contributed by atoms with Gasteiger partial charge in [-0.05, 0) is 18.2 Å². The minimum absolute atomic E-state index is 0.0584. The molecule has 1 atom stereocenters. The minimum Gasteiger partial charge on any atom is -0.366 e. The molecule has 110 valence electrons. The number of benzene rings is 1. The first-order valence-corrected chi connectivity index (χ1v) is 7.90. The van der Waals surface area contributed by atoms with Gasteiger partial charge in [-0.25, -0.2) is 12.8 Å². The topological polar surface area (TPSA) is 84.5 Å². The van der Waals surface area contributed by atoms with E-state index in [0.717, 1.165) is 24.5 Å². The van der Waals surface area contributed by atoms with E-state index in [-0.39, 0.29) is 10.6 Å². The van der Waals surface area contributed by atoms with Crippen molar-refractivity contribution in [3.8, 4) is 0 Å². The average Bonchev–Trinajstić information content (AvgIpc) is 2.41. The number of halogens is 1. The van der Waals surface area contributed by atoms with Crippen molar-refractivity contribution in [1.82, 2.24) is 5.32 Å². The second-order valence-electron chi connectivity index (χ2n) is 4.47. The number of rotatable bonds is 3. The fourth-order valence-electron chi connectivity index (χ4n) is 1.78. The number of carbonyl (C=O) groups is 1. The molecule has 1 aromatic rings. The number of ether oxygens (including phenoxy) is 1. The van der Waals surface area contributed by atoms with Crippen LogP contribution in [0.15, 0.2) is 23.1 Å². The highest BCUT2D eigenvalue weighted by atomic mass is 32.2. The largest absolute Gasteiger partial charge is 0.366 e. The molecule has 0 saturated carbocycles. The standard InChI is InChI=1S/C12H15FN2O4S/c1-20(17,18)8-2-3-9(13)10(6-8)15-12(16)11-7-14-4-5-19-11/h2-3,6,11,14H,4-5,7H2,1H3,(H,15,16). The molecule has 0 aliphatic carbocycles. The van der Waals surface area contributed by atoms with Crippen LogP contribution in [0.3, 0.4) is 0 Å². The van der Waals surface area contributed by atoms with Gasteiger partial charge in [-0.1, -0.05) is 0 Å². The lowest BCUT2D eigenvalue weighted by Gasteiger charge is -2.22. The number of hydrogen-bond donors (Lipinski definition) is 2. The van der Waals surface area contributed by atoms with Crippen molar-refractivity contribution >= 4 is 21.4 Å². The van der Waals surface area contributed by atoms with Crippen molar-refractivity contribution in [1.29, 1.82) is 0 Å². The van der Waals surface area contributed by atoms with E-state index in [1.165, 1.54) is 0 Å². The lowest BCUT2D eigenvalue weighted by atomic mass is 10.2. The Kier molecular flexibility index (Phi) is 4.36. The SMILES string of the molecule is CS(=O)(=O)c1ccc(F)c(NC(=O)C2CNCCO2)c1. The number of amides is 1. The first kappa shape index (κ1) is 14.9. The summed E-state index contributed by atoms with van der Waals surface area (Å²) in [5.41, 5.74) is -0.174. The van der Waals surface area contributed by atoms with E-state index in [1.807, 2.05) is 0 Å². The third-order valence-electron chi connectivity index (χ3n) is 2.84. The van der Waals surface area contributed by atoms with E-state index in [9.17, 15) is 17.6 Å². The second kappa shape index (κ2) is 5.86. The summed E-state index contributed by atoms with van der Waals surface area (Å²) in [4.78, 5) is 11.8. The highest BCUT2D eigenvalue weighted by Crippen LogP contribution is 2.20. The van der Waals surface area contributed by atoms with E-state index in [1.54, 1.807) is 0 Å². The average molecular weight is 302 g/mol. The predicted molar refractivity (Wildman–Crippen MR) is 70.7 cm³/mol. The van der Waals surface area contributed by atoms with E-state index < -0.39 is 27.7 Å². The van der Waals surface area contributed by atoms with Crippen LogP contribution in [0.5, 0.6) is 0 Å². The Morgan fingerprint density at radius 2 is 2.25 bits per heavy atom. The van der Waals surface area contributed by atoms with Gasteiger partial charge in [-0.2, -0.15) is 0 Å². The lowest BCUT2D eigenvalue weighted by molar-refractivity contribution is -0.128. The molecule has 1 amide bonds. The van der Waals surface area contributed by atoms with Crippen molar-refractivity contribution < 1.29 is 22.3 Å². The summed E-state index contributed by atoms with van der Waals surface area (Å²) in [7, 11) is -3.46. The third kappa shape index (κ3) is 3.53. The molecule has 0 aromatic heterocycles. The smallest absolute Gasteiger partial charge is 0.254 e. The molecule has 1 aliphatic heterocycles. The van der Waals surface area contributed by atoms with E-state index in [2.05, 4.69) is 10.6 Å². The van der Waals surface area contributed by atoms with Gasteiger partial charge in [-0.3, -0.25) is 4.79 Å². The summed E-state index contributed by atoms with van der Waals surface area (Å²) in [5, 5.41) is 5.33. The fraction of sp³-hybridized carbons (Fsp3) is 0.417. The normalized spacial score (nSPS) is 19.6. The van der Waals surface area contributed by atoms with Gasteiger partial charge in [0.25, 0.3) is 5.91 Å². The van der Waals surface area contributed by atoms with Gasteiger partial charge >= 0.3 is 0 Å². The van der Waals surface area contributed by atoms with Gasteiger partial charge in [0.05, 0.1) is 17.2 Å². The van der Waals surface area contributed by atoms with Crippen LogP contribution in [0.25, 0.3) is 0 Å². The van der Waals surface area contributed by atoms with Gasteiger partial charge < -0.3 is 15.4 Å². The van der Waals surface area contributed by atoms with Gasteiger partial charge in [-0.15, -0.1) is 0 Å². The van der Waals surface area contributed by atoms with Crippen molar-refractivity contribution in [2.24, 2.45) is 0 Å². The molecule has 0 radical (unpaired) electrons. The monoisotopic (exact) mass is 302 g/mol. The van der Waals surface area contributed by atoms with Crippen molar-refractivity contribution in [2.75, 3.05) is 31.3 Å². The molecular formula is C12H15FN2O4S. The summed E-state index contributed by atoms with van der Waals surface area (Å²) in [6.07, 6.45) is 0.296. The highest BCUT2D eigenvalue weighted by Gasteiger charge is 2.23. The summed E-state index contributed by atoms with van der Waals surface area (Å²) in [5.74, 6) is -1.21. The van der Waals surface area contributed by atoms with Crippen LogP contribution >= 0.6 is 0 Å². The van der Waals surface area contributed by atoms with E-state index >= 15 is 0 Å². The lowest BCUT2D eigenvalue weighted by Crippen LogP contribution is -2.45. The zero-order valence-electron chi connectivity index (χ0n) is 10.8. The number of sulfone groups is 1. The quantitative estimate of drug-likeness (QED) is 0.777. The summed E-state index contributed by atoms with van der Waals surface area (Å²) >= 11 is 0. The molecule has 2 N–H and O–H groups in total. The number of morpholine rings is 1. The fourth-order valence-corrected chi connectivity index (χ4v) is 2.43. The highest BCUT2D eigenvalue weighted by molar-refractivity contribution is 7.90. The van der Waals surface area contributed by atoms with Crippen LogP contribution in [0.2, 0.25) is 0 Å². The maximum atomic E-state index is 13.6. The maximum Gasteiger partial charge on any atom is 0.254 e. The summed E-state index contributed by atoms with van der Waals surface area (Å²) in [6.45, 7) is 1.38. The number of nitrogens with one attached hydrogen (secondary N) is 2. The molecular weight excluding hydrogens is 287 g/mol. The predicted octanol–water partition coefficient (Wildman–Crippen LogP) is 0.156. The zero-order valence-corrected chi connectivity index (χ0v) is 11.7. The Bertz CT molecular complexity index is 612. The summed E-state index contributed by atoms with van der Waals surface area (Å²) in [6, 6.07) is 3.25. The summed E-state index contributed by atoms with van der Waals surface area (Å²) < 4.78 is 41.7. The van der Waals surface area contributed by atoms with E-state index in [0.29, 0.717) is 19.7 Å². The first-order valence-electron chi connectivity index (χ1n) is 6.01. The molecule has 2 rings (SSSR count). The molecule has 1 fully saturated rings. The molecule has 6 nitrogen and oxygen atoms in total. The molecule has 1 heterocycles. The van der Waals surface area contributed by atoms with Crippen LogP contribution in [0.4, 0.5) is 10.1 Å². The van der Waals surface area contributed by atoms with Crippen LogP contribution < -0.4 is 10.6 Å². The van der Waals surface area contributed by atoms with Crippen molar-refractivity contribution in [3.05, 3.63) is 24.0 Å². The minimum atomic E-state index is -3.46. The Hall–Kier alpha value is -1.51. The molecule has 1 aromatic carbocycles.